The third kappa shape index (κ3) is 59.7. The molecule has 0 aromatic rings. The van der Waals surface area contributed by atoms with Gasteiger partial charge in [0.25, 0.3) is 0 Å². The molecule has 19 heteroatoms. The Morgan fingerprint density at radius 2 is 0.593 bits per heavy atom. The van der Waals surface area contributed by atoms with Crippen LogP contribution >= 0.6 is 15.6 Å². The van der Waals surface area contributed by atoms with Crippen molar-refractivity contribution in [1.29, 1.82) is 0 Å². The van der Waals surface area contributed by atoms with Gasteiger partial charge in [-0.05, 0) is 37.5 Å². The van der Waals surface area contributed by atoms with Crippen LogP contribution in [0.3, 0.4) is 0 Å². The zero-order chi connectivity index (χ0) is 63.6. The highest BCUT2D eigenvalue weighted by molar-refractivity contribution is 7.47. The van der Waals surface area contributed by atoms with Gasteiger partial charge in [0, 0.05) is 25.7 Å². The van der Waals surface area contributed by atoms with Crippen molar-refractivity contribution in [3.8, 4) is 0 Å². The van der Waals surface area contributed by atoms with Crippen LogP contribution in [0, 0.1) is 11.8 Å². The lowest BCUT2D eigenvalue weighted by atomic mass is 9.99. The Morgan fingerprint density at radius 1 is 0.337 bits per heavy atom. The lowest BCUT2D eigenvalue weighted by Gasteiger charge is -2.21. The largest absolute Gasteiger partial charge is 0.472 e. The van der Waals surface area contributed by atoms with E-state index < -0.39 is 97.5 Å². The molecule has 3 unspecified atom stereocenters. The summed E-state index contributed by atoms with van der Waals surface area (Å²) in [6.45, 7) is 9.48. The van der Waals surface area contributed by atoms with Crippen LogP contribution in [0.15, 0.2) is 0 Å². The first-order valence-corrected chi connectivity index (χ1v) is 38.0. The fourth-order valence-corrected chi connectivity index (χ4v) is 11.6. The SMILES string of the molecule is CCCCCCCCCCCCCCCC(=O)OC[C@H](COP(=O)(O)OC[C@@H](O)COP(=O)(O)OC[C@@H](COC(=O)CCCCCCCCCC)OC(=O)CCCCCCCCCCC(C)C)OC(=O)CCCCCCCCCCCCC(C)CC. The zero-order valence-electron chi connectivity index (χ0n) is 55.6. The Bertz CT molecular complexity index is 1690. The molecule has 0 spiro atoms. The van der Waals surface area contributed by atoms with Gasteiger partial charge in [0.1, 0.15) is 19.3 Å². The van der Waals surface area contributed by atoms with E-state index in [4.69, 9.17) is 37.0 Å². The summed E-state index contributed by atoms with van der Waals surface area (Å²) in [7, 11) is -9.89. The van der Waals surface area contributed by atoms with Crippen molar-refractivity contribution in [2.75, 3.05) is 39.6 Å². The number of esters is 4. The minimum Gasteiger partial charge on any atom is -0.462 e. The van der Waals surface area contributed by atoms with Crippen molar-refractivity contribution >= 4 is 39.5 Å². The van der Waals surface area contributed by atoms with Crippen LogP contribution in [0.1, 0.15) is 337 Å². The molecule has 86 heavy (non-hydrogen) atoms. The maximum atomic E-state index is 13.0. The average Bonchev–Trinajstić information content (AvgIpc) is 3.58. The second-order valence-electron chi connectivity index (χ2n) is 24.9. The van der Waals surface area contributed by atoms with E-state index >= 15 is 0 Å². The molecule has 0 saturated carbocycles. The van der Waals surface area contributed by atoms with Gasteiger partial charge in [-0.1, -0.05) is 286 Å². The highest BCUT2D eigenvalue weighted by Gasteiger charge is 2.30. The standard InChI is InChI=1S/C67H130O17P2/c1-7-10-12-14-16-18-19-20-21-25-32-38-44-50-65(70)78-56-63(83-66(71)51-45-39-33-26-23-22-24-30-36-42-48-60(6)9-3)58-82-86(75,76)80-54-61(68)53-79-85(73,74)81-57-62(55-77-64(69)49-43-37-31-17-15-13-11-8-2)84-67(72)52-46-40-34-28-27-29-35-41-47-59(4)5/h59-63,68H,7-58H2,1-6H3,(H,73,74)(H,75,76)/t60?,61-,62+,63+/m0/s1. The number of carbonyl (C=O) groups excluding carboxylic acids is 4. The highest BCUT2D eigenvalue weighted by Crippen LogP contribution is 2.45. The predicted molar refractivity (Wildman–Crippen MR) is 345 cm³/mol. The molecule has 0 bridgehead atoms. The lowest BCUT2D eigenvalue weighted by molar-refractivity contribution is -0.161. The summed E-state index contributed by atoms with van der Waals surface area (Å²) in [6, 6.07) is 0. The molecule has 0 aliphatic carbocycles. The van der Waals surface area contributed by atoms with Crippen LogP contribution in [-0.4, -0.2) is 96.7 Å². The first kappa shape index (κ1) is 84.1. The second kappa shape index (κ2) is 59.4. The summed E-state index contributed by atoms with van der Waals surface area (Å²) in [5.74, 6) is -0.610. The van der Waals surface area contributed by atoms with E-state index in [2.05, 4.69) is 41.5 Å². The Labute approximate surface area is 524 Å². The molecular weight excluding hydrogens is 1140 g/mol. The molecule has 0 rings (SSSR count). The van der Waals surface area contributed by atoms with Crippen LogP contribution in [0.25, 0.3) is 0 Å². The summed E-state index contributed by atoms with van der Waals surface area (Å²) < 4.78 is 68.1. The molecule has 6 atom stereocenters. The third-order valence-corrected chi connectivity index (χ3v) is 17.7. The molecule has 0 fully saturated rings. The number of rotatable bonds is 66. The number of ether oxygens (including phenoxy) is 4. The smallest absolute Gasteiger partial charge is 0.462 e. The van der Waals surface area contributed by atoms with E-state index in [1.54, 1.807) is 0 Å². The topological polar surface area (TPSA) is 237 Å². The molecule has 0 aromatic carbocycles. The van der Waals surface area contributed by atoms with Crippen LogP contribution in [0.2, 0.25) is 0 Å². The zero-order valence-corrected chi connectivity index (χ0v) is 57.4. The molecule has 0 saturated heterocycles. The summed E-state index contributed by atoms with van der Waals surface area (Å²) in [5, 5.41) is 10.6. The molecule has 0 heterocycles. The summed E-state index contributed by atoms with van der Waals surface area (Å²) in [6.07, 6.45) is 43.0. The maximum absolute atomic E-state index is 13.0. The molecule has 0 aliphatic rings. The van der Waals surface area contributed by atoms with Gasteiger partial charge in [-0.3, -0.25) is 37.3 Å². The number of phosphoric acid groups is 2. The normalized spacial score (nSPS) is 14.5. The monoisotopic (exact) mass is 1270 g/mol. The van der Waals surface area contributed by atoms with E-state index in [1.165, 1.54) is 148 Å². The van der Waals surface area contributed by atoms with E-state index in [9.17, 15) is 43.2 Å². The molecule has 0 aromatic heterocycles. The fourth-order valence-electron chi connectivity index (χ4n) is 10.0. The van der Waals surface area contributed by atoms with E-state index in [0.717, 1.165) is 108 Å². The van der Waals surface area contributed by atoms with Gasteiger partial charge < -0.3 is 33.8 Å². The summed E-state index contributed by atoms with van der Waals surface area (Å²) >= 11 is 0. The third-order valence-electron chi connectivity index (χ3n) is 15.8. The van der Waals surface area contributed by atoms with Gasteiger partial charge in [0.15, 0.2) is 12.2 Å². The first-order valence-electron chi connectivity index (χ1n) is 35.0. The minimum atomic E-state index is -4.95. The number of hydrogen-bond acceptors (Lipinski definition) is 15. The van der Waals surface area contributed by atoms with Crippen molar-refractivity contribution < 1.29 is 80.2 Å². The Kier molecular flexibility index (Phi) is 58.0. The quantitative estimate of drug-likeness (QED) is 0.0222. The van der Waals surface area contributed by atoms with Crippen LogP contribution in [0.4, 0.5) is 0 Å². The first-order chi connectivity index (χ1) is 41.4. The number of aliphatic hydroxyl groups excluding tert-OH is 1. The molecule has 3 N–H and O–H groups in total. The Balaban J connectivity index is 5.24. The van der Waals surface area contributed by atoms with Gasteiger partial charge in [-0.15, -0.1) is 0 Å². The van der Waals surface area contributed by atoms with Gasteiger partial charge in [-0.2, -0.15) is 0 Å². The van der Waals surface area contributed by atoms with E-state index in [1.807, 2.05) is 0 Å². The molecule has 510 valence electrons. The van der Waals surface area contributed by atoms with E-state index in [0.29, 0.717) is 25.7 Å². The molecule has 0 radical (unpaired) electrons. The molecular formula is C67H130O17P2. The van der Waals surface area contributed by atoms with Gasteiger partial charge in [0.2, 0.25) is 0 Å². The molecule has 0 amide bonds. The number of hydrogen-bond donors (Lipinski definition) is 3. The summed E-state index contributed by atoms with van der Waals surface area (Å²) in [4.78, 5) is 72.3. The summed E-state index contributed by atoms with van der Waals surface area (Å²) in [5.41, 5.74) is 0. The average molecular weight is 1270 g/mol. The minimum absolute atomic E-state index is 0.104. The Morgan fingerprint density at radius 3 is 0.884 bits per heavy atom. The van der Waals surface area contributed by atoms with Crippen LogP contribution in [0.5, 0.6) is 0 Å². The van der Waals surface area contributed by atoms with Gasteiger partial charge in [-0.25, -0.2) is 9.13 Å². The molecule has 0 aliphatic heterocycles. The van der Waals surface area contributed by atoms with Crippen molar-refractivity contribution in [2.24, 2.45) is 11.8 Å². The molecule has 17 nitrogen and oxygen atoms in total. The van der Waals surface area contributed by atoms with Crippen molar-refractivity contribution in [3.05, 3.63) is 0 Å². The maximum Gasteiger partial charge on any atom is 0.472 e. The number of phosphoric ester groups is 2. The van der Waals surface area contributed by atoms with Gasteiger partial charge in [0.05, 0.1) is 26.4 Å². The van der Waals surface area contributed by atoms with Gasteiger partial charge >= 0.3 is 39.5 Å². The number of carbonyl (C=O) groups is 4. The fraction of sp³-hybridized carbons (Fsp3) is 0.940. The van der Waals surface area contributed by atoms with Crippen molar-refractivity contribution in [1.82, 2.24) is 0 Å². The lowest BCUT2D eigenvalue weighted by Crippen LogP contribution is -2.30. The van der Waals surface area contributed by atoms with Crippen LogP contribution in [-0.2, 0) is 65.4 Å². The van der Waals surface area contributed by atoms with E-state index in [-0.39, 0.29) is 25.7 Å². The van der Waals surface area contributed by atoms with Crippen LogP contribution < -0.4 is 0 Å². The Hall–Kier alpha value is -1.94. The highest BCUT2D eigenvalue weighted by atomic mass is 31.2. The number of unbranched alkanes of at least 4 members (excludes halogenated alkanes) is 35. The number of aliphatic hydroxyl groups is 1. The second-order valence-corrected chi connectivity index (χ2v) is 27.8. The predicted octanol–water partition coefficient (Wildman–Crippen LogP) is 18.8. The van der Waals surface area contributed by atoms with Crippen molar-refractivity contribution in [2.45, 2.75) is 355 Å². The van der Waals surface area contributed by atoms with Crippen molar-refractivity contribution in [3.63, 3.8) is 0 Å².